The van der Waals surface area contributed by atoms with Crippen LogP contribution in [0.15, 0.2) is 77.7 Å². The first-order chi connectivity index (χ1) is 13.2. The standard InChI is InChI=1S/C21H16N2O4/c24-19(16-9-5-11-27-16)17-18(15-8-4-10-22-12-15)23(21(26)20(17)25)13-14-6-2-1-3-7-14/h1-12,17-18H,13H2. The third kappa shape index (κ3) is 3.06. The summed E-state index contributed by atoms with van der Waals surface area (Å²) in [6, 6.07) is 15.2. The van der Waals surface area contributed by atoms with Gasteiger partial charge in [0.2, 0.25) is 11.6 Å². The summed E-state index contributed by atoms with van der Waals surface area (Å²) >= 11 is 0. The molecule has 3 aromatic rings. The average Bonchev–Trinajstić information content (AvgIpc) is 3.32. The molecular formula is C21H16N2O4. The number of ketones is 2. The number of hydrogen-bond acceptors (Lipinski definition) is 5. The Kier molecular flexibility index (Phi) is 4.38. The highest BCUT2D eigenvalue weighted by atomic mass is 16.3. The molecular weight excluding hydrogens is 344 g/mol. The number of benzene rings is 1. The first kappa shape index (κ1) is 16.9. The second-order valence-electron chi connectivity index (χ2n) is 6.33. The Morgan fingerprint density at radius 3 is 2.52 bits per heavy atom. The summed E-state index contributed by atoms with van der Waals surface area (Å²) in [4.78, 5) is 44.0. The van der Waals surface area contributed by atoms with E-state index in [4.69, 9.17) is 4.42 Å². The van der Waals surface area contributed by atoms with Crippen LogP contribution in [0, 0.1) is 5.92 Å². The molecule has 134 valence electrons. The molecule has 0 bridgehead atoms. The molecule has 2 unspecified atom stereocenters. The van der Waals surface area contributed by atoms with E-state index in [9.17, 15) is 14.4 Å². The van der Waals surface area contributed by atoms with Gasteiger partial charge in [0.05, 0.1) is 12.3 Å². The molecule has 6 heteroatoms. The maximum Gasteiger partial charge on any atom is 0.291 e. The van der Waals surface area contributed by atoms with Gasteiger partial charge in [-0.2, -0.15) is 0 Å². The van der Waals surface area contributed by atoms with Gasteiger partial charge in [0.15, 0.2) is 5.76 Å². The average molecular weight is 360 g/mol. The highest BCUT2D eigenvalue weighted by Crippen LogP contribution is 2.38. The molecule has 2 atom stereocenters. The van der Waals surface area contributed by atoms with Gasteiger partial charge in [-0.15, -0.1) is 0 Å². The van der Waals surface area contributed by atoms with Gasteiger partial charge >= 0.3 is 0 Å². The highest BCUT2D eigenvalue weighted by molar-refractivity contribution is 6.43. The Bertz CT molecular complexity index is 968. The van der Waals surface area contributed by atoms with Crippen molar-refractivity contribution >= 4 is 17.5 Å². The largest absolute Gasteiger partial charge is 0.461 e. The summed E-state index contributed by atoms with van der Waals surface area (Å²) in [5.74, 6) is -2.98. The summed E-state index contributed by atoms with van der Waals surface area (Å²) in [5.41, 5.74) is 1.51. The normalized spacial score (nSPS) is 19.5. The zero-order valence-corrected chi connectivity index (χ0v) is 14.3. The summed E-state index contributed by atoms with van der Waals surface area (Å²) in [5, 5.41) is 0. The van der Waals surface area contributed by atoms with Crippen molar-refractivity contribution in [1.82, 2.24) is 9.88 Å². The van der Waals surface area contributed by atoms with E-state index in [0.29, 0.717) is 5.56 Å². The number of furan rings is 1. The first-order valence-electron chi connectivity index (χ1n) is 8.53. The van der Waals surface area contributed by atoms with Crippen LogP contribution in [0.25, 0.3) is 0 Å². The molecule has 0 radical (unpaired) electrons. The minimum absolute atomic E-state index is 0.0663. The molecule has 1 aliphatic heterocycles. The number of nitrogens with zero attached hydrogens (tertiary/aromatic N) is 2. The lowest BCUT2D eigenvalue weighted by Crippen LogP contribution is -2.30. The van der Waals surface area contributed by atoms with Crippen LogP contribution >= 0.6 is 0 Å². The zero-order chi connectivity index (χ0) is 18.8. The van der Waals surface area contributed by atoms with E-state index in [-0.39, 0.29) is 12.3 Å². The Morgan fingerprint density at radius 2 is 1.85 bits per heavy atom. The van der Waals surface area contributed by atoms with Crippen molar-refractivity contribution in [3.05, 3.63) is 90.1 Å². The van der Waals surface area contributed by atoms with Gasteiger partial charge in [-0.25, -0.2) is 0 Å². The summed E-state index contributed by atoms with van der Waals surface area (Å²) in [6.45, 7) is 0.229. The number of carbonyl (C=O) groups is 3. The molecule has 1 aromatic carbocycles. The quantitative estimate of drug-likeness (QED) is 0.397. The Morgan fingerprint density at radius 1 is 1.04 bits per heavy atom. The van der Waals surface area contributed by atoms with Crippen LogP contribution in [0.5, 0.6) is 0 Å². The Hall–Kier alpha value is -3.54. The SMILES string of the molecule is O=C1C(=O)N(Cc2ccccc2)C(c2cccnc2)C1C(=O)c1ccco1. The second kappa shape index (κ2) is 6.99. The van der Waals surface area contributed by atoms with Crippen LogP contribution in [-0.4, -0.2) is 27.4 Å². The van der Waals surface area contributed by atoms with Crippen molar-refractivity contribution in [3.8, 4) is 0 Å². The van der Waals surface area contributed by atoms with E-state index in [0.717, 1.165) is 5.56 Å². The van der Waals surface area contributed by atoms with Gasteiger partial charge in [-0.3, -0.25) is 19.4 Å². The summed E-state index contributed by atoms with van der Waals surface area (Å²) < 4.78 is 5.18. The van der Waals surface area contributed by atoms with Crippen molar-refractivity contribution in [3.63, 3.8) is 0 Å². The molecule has 1 saturated heterocycles. The molecule has 0 N–H and O–H groups in total. The fraction of sp³-hybridized carbons (Fsp3) is 0.143. The smallest absolute Gasteiger partial charge is 0.291 e. The summed E-state index contributed by atoms with van der Waals surface area (Å²) in [7, 11) is 0. The molecule has 27 heavy (non-hydrogen) atoms. The van der Waals surface area contributed by atoms with Crippen LogP contribution in [0.1, 0.15) is 27.7 Å². The molecule has 4 rings (SSSR count). The van der Waals surface area contributed by atoms with E-state index in [1.165, 1.54) is 17.2 Å². The Labute approximate surface area is 155 Å². The lowest BCUT2D eigenvalue weighted by Gasteiger charge is -2.26. The van der Waals surface area contributed by atoms with Crippen LogP contribution in [0.4, 0.5) is 0 Å². The number of hydrogen-bond donors (Lipinski definition) is 0. The van der Waals surface area contributed by atoms with Crippen molar-refractivity contribution in [2.75, 3.05) is 0 Å². The van der Waals surface area contributed by atoms with Gasteiger partial charge in [-0.1, -0.05) is 36.4 Å². The monoisotopic (exact) mass is 360 g/mol. The maximum atomic E-state index is 12.9. The van der Waals surface area contributed by atoms with Crippen LogP contribution in [0.3, 0.4) is 0 Å². The zero-order valence-electron chi connectivity index (χ0n) is 14.3. The van der Waals surface area contributed by atoms with E-state index < -0.39 is 29.4 Å². The molecule has 1 aliphatic rings. The number of pyridine rings is 1. The third-order valence-electron chi connectivity index (χ3n) is 4.67. The predicted octanol–water partition coefficient (Wildman–Crippen LogP) is 2.83. The van der Waals surface area contributed by atoms with Gasteiger partial charge in [-0.05, 0) is 29.3 Å². The van der Waals surface area contributed by atoms with Crippen molar-refractivity contribution in [2.45, 2.75) is 12.6 Å². The molecule has 1 amide bonds. The van der Waals surface area contributed by atoms with E-state index in [1.54, 1.807) is 30.6 Å². The number of Topliss-reactive ketones (excluding diaryl/α,β-unsaturated/α-hetero) is 2. The van der Waals surface area contributed by atoms with Gasteiger partial charge < -0.3 is 9.32 Å². The van der Waals surface area contributed by atoms with Gasteiger partial charge in [0.1, 0.15) is 5.92 Å². The van der Waals surface area contributed by atoms with Crippen LogP contribution in [0.2, 0.25) is 0 Å². The number of likely N-dealkylation sites (tertiary alicyclic amines) is 1. The van der Waals surface area contributed by atoms with Crippen molar-refractivity contribution in [1.29, 1.82) is 0 Å². The lowest BCUT2D eigenvalue weighted by molar-refractivity contribution is -0.141. The topological polar surface area (TPSA) is 80.5 Å². The summed E-state index contributed by atoms with van der Waals surface area (Å²) in [6.07, 6.45) is 4.55. The van der Waals surface area contributed by atoms with Crippen molar-refractivity contribution in [2.24, 2.45) is 5.92 Å². The molecule has 2 aromatic heterocycles. The Balaban J connectivity index is 1.77. The van der Waals surface area contributed by atoms with Crippen LogP contribution in [-0.2, 0) is 16.1 Å². The molecule has 1 fully saturated rings. The molecule has 0 aliphatic carbocycles. The van der Waals surface area contributed by atoms with Gasteiger partial charge in [0, 0.05) is 18.9 Å². The molecule has 0 saturated carbocycles. The van der Waals surface area contributed by atoms with Gasteiger partial charge in [0.25, 0.3) is 5.91 Å². The highest BCUT2D eigenvalue weighted by Gasteiger charge is 2.52. The number of carbonyl (C=O) groups excluding carboxylic acids is 3. The van der Waals surface area contributed by atoms with E-state index in [1.807, 2.05) is 30.3 Å². The maximum absolute atomic E-state index is 12.9. The molecule has 6 nitrogen and oxygen atoms in total. The number of rotatable bonds is 5. The predicted molar refractivity (Wildman–Crippen MR) is 95.5 cm³/mol. The number of amides is 1. The molecule has 3 heterocycles. The minimum atomic E-state index is -1.16. The van der Waals surface area contributed by atoms with Crippen molar-refractivity contribution < 1.29 is 18.8 Å². The minimum Gasteiger partial charge on any atom is -0.461 e. The number of aromatic nitrogens is 1. The van der Waals surface area contributed by atoms with Crippen LogP contribution < -0.4 is 0 Å². The second-order valence-corrected chi connectivity index (χ2v) is 6.33. The fourth-order valence-corrected chi connectivity index (χ4v) is 3.43. The third-order valence-corrected chi connectivity index (χ3v) is 4.67. The van der Waals surface area contributed by atoms with E-state index >= 15 is 0 Å². The lowest BCUT2D eigenvalue weighted by atomic mass is 9.89. The van der Waals surface area contributed by atoms with E-state index in [2.05, 4.69) is 4.98 Å². The molecule has 0 spiro atoms. The first-order valence-corrected chi connectivity index (χ1v) is 8.53. The fourth-order valence-electron chi connectivity index (χ4n) is 3.43.